The number of pyridine rings is 1. The van der Waals surface area contributed by atoms with Crippen LogP contribution in [0.3, 0.4) is 0 Å². The molecule has 2 aromatic carbocycles. The topological polar surface area (TPSA) is 70.4 Å². The van der Waals surface area contributed by atoms with Gasteiger partial charge in [-0.3, -0.25) is 9.78 Å². The minimum Gasteiger partial charge on any atom is -0.459 e. The zero-order valence-electron chi connectivity index (χ0n) is 18.7. The number of rotatable bonds is 7. The van der Waals surface area contributed by atoms with Crippen molar-refractivity contribution in [2.75, 3.05) is 11.9 Å². The number of nitrogens with zero attached hydrogens (tertiary/aromatic N) is 2. The molecule has 4 aromatic rings. The van der Waals surface area contributed by atoms with Gasteiger partial charge in [0.1, 0.15) is 23.4 Å². The van der Waals surface area contributed by atoms with Gasteiger partial charge < -0.3 is 20.0 Å². The Hall–Kier alpha value is -4.04. The van der Waals surface area contributed by atoms with Crippen molar-refractivity contribution in [1.82, 2.24) is 15.2 Å². The Balaban J connectivity index is 1.38. The minimum absolute atomic E-state index is 0.191. The van der Waals surface area contributed by atoms with E-state index in [0.717, 1.165) is 22.8 Å². The molecule has 0 radical (unpaired) electrons. The molecule has 0 saturated carbocycles. The molecule has 1 saturated heterocycles. The smallest absolute Gasteiger partial charge is 0.226 e. The van der Waals surface area contributed by atoms with Crippen molar-refractivity contribution < 1.29 is 13.6 Å². The SMILES string of the molecule is O=C(CCN1C(=S)NC(c2ccccn2)C1c1ccc(-c2ccccc2)o1)Nc1ccc(F)cc1. The van der Waals surface area contributed by atoms with E-state index in [4.69, 9.17) is 16.6 Å². The molecule has 2 N–H and O–H groups in total. The summed E-state index contributed by atoms with van der Waals surface area (Å²) in [4.78, 5) is 19.1. The van der Waals surface area contributed by atoms with Crippen molar-refractivity contribution in [3.63, 3.8) is 0 Å². The molecule has 8 heteroatoms. The second-order valence-corrected chi connectivity index (χ2v) is 8.58. The average molecular weight is 487 g/mol. The molecule has 3 heterocycles. The number of nitrogens with one attached hydrogen (secondary N) is 2. The molecule has 0 bridgehead atoms. The number of halogens is 1. The van der Waals surface area contributed by atoms with Gasteiger partial charge in [0.15, 0.2) is 5.11 Å². The lowest BCUT2D eigenvalue weighted by molar-refractivity contribution is -0.116. The van der Waals surface area contributed by atoms with Crippen LogP contribution in [-0.4, -0.2) is 27.4 Å². The van der Waals surface area contributed by atoms with E-state index in [9.17, 15) is 9.18 Å². The molecule has 6 nitrogen and oxygen atoms in total. The molecule has 176 valence electrons. The fourth-order valence-electron chi connectivity index (χ4n) is 4.20. The molecule has 1 fully saturated rings. The third-order valence-corrected chi connectivity index (χ3v) is 6.23. The number of anilines is 1. The standard InChI is InChI=1S/C27H23FN4O2S/c28-19-9-11-20(12-10-19)30-24(33)15-17-32-26(25(31-27(32)35)21-8-4-5-16-29-21)23-14-13-22(34-23)18-6-2-1-3-7-18/h1-14,16,25-26H,15,17H2,(H,30,33)(H,31,35). The van der Waals surface area contributed by atoms with Crippen LogP contribution in [-0.2, 0) is 4.79 Å². The first-order chi connectivity index (χ1) is 17.1. The van der Waals surface area contributed by atoms with Crippen molar-refractivity contribution in [2.24, 2.45) is 0 Å². The Morgan fingerprint density at radius 2 is 1.80 bits per heavy atom. The first-order valence-corrected chi connectivity index (χ1v) is 11.7. The summed E-state index contributed by atoms with van der Waals surface area (Å²) < 4.78 is 19.4. The average Bonchev–Trinajstić information content (AvgIpc) is 3.50. The summed E-state index contributed by atoms with van der Waals surface area (Å²) in [6.45, 7) is 0.369. The lowest BCUT2D eigenvalue weighted by atomic mass is 10.0. The number of aromatic nitrogens is 1. The van der Waals surface area contributed by atoms with Crippen LogP contribution in [0.2, 0.25) is 0 Å². The van der Waals surface area contributed by atoms with Crippen LogP contribution >= 0.6 is 12.2 Å². The second kappa shape index (κ2) is 10.1. The fourth-order valence-corrected chi connectivity index (χ4v) is 4.54. The van der Waals surface area contributed by atoms with Crippen molar-refractivity contribution in [3.8, 4) is 11.3 Å². The first-order valence-electron chi connectivity index (χ1n) is 11.3. The van der Waals surface area contributed by atoms with E-state index >= 15 is 0 Å². The van der Waals surface area contributed by atoms with E-state index in [-0.39, 0.29) is 30.2 Å². The van der Waals surface area contributed by atoms with Gasteiger partial charge in [-0.15, -0.1) is 0 Å². The normalized spacial score (nSPS) is 17.3. The number of benzene rings is 2. The zero-order chi connectivity index (χ0) is 24.2. The van der Waals surface area contributed by atoms with E-state index in [1.54, 1.807) is 6.20 Å². The summed E-state index contributed by atoms with van der Waals surface area (Å²) in [6.07, 6.45) is 1.93. The summed E-state index contributed by atoms with van der Waals surface area (Å²) in [5.41, 5.74) is 2.35. The van der Waals surface area contributed by atoms with E-state index < -0.39 is 0 Å². The van der Waals surface area contributed by atoms with Crippen LogP contribution in [0.5, 0.6) is 0 Å². The fraction of sp³-hybridized carbons (Fsp3) is 0.148. The minimum atomic E-state index is -0.354. The second-order valence-electron chi connectivity index (χ2n) is 8.19. The number of amides is 1. The van der Waals surface area contributed by atoms with E-state index in [2.05, 4.69) is 15.6 Å². The van der Waals surface area contributed by atoms with Crippen LogP contribution < -0.4 is 10.6 Å². The molecule has 1 amide bonds. The summed E-state index contributed by atoms with van der Waals surface area (Å²) in [6, 6.07) is 24.7. The van der Waals surface area contributed by atoms with Crippen molar-refractivity contribution in [2.45, 2.75) is 18.5 Å². The molecular formula is C27H23FN4O2S. The molecule has 2 unspecified atom stereocenters. The van der Waals surface area contributed by atoms with Gasteiger partial charge in [0.25, 0.3) is 0 Å². The van der Waals surface area contributed by atoms with Crippen molar-refractivity contribution >= 4 is 28.9 Å². The van der Waals surface area contributed by atoms with E-state index in [1.165, 1.54) is 24.3 Å². The van der Waals surface area contributed by atoms with Gasteiger partial charge in [0.05, 0.1) is 11.7 Å². The molecule has 2 atom stereocenters. The van der Waals surface area contributed by atoms with Gasteiger partial charge in [0.2, 0.25) is 5.91 Å². The quantitative estimate of drug-likeness (QED) is 0.337. The third-order valence-electron chi connectivity index (χ3n) is 5.88. The van der Waals surface area contributed by atoms with Gasteiger partial charge in [-0.1, -0.05) is 36.4 Å². The molecule has 1 aliphatic rings. The largest absolute Gasteiger partial charge is 0.459 e. The van der Waals surface area contributed by atoms with Gasteiger partial charge in [0, 0.05) is 30.4 Å². The number of carbonyl (C=O) groups is 1. The maximum atomic E-state index is 13.2. The summed E-state index contributed by atoms with van der Waals surface area (Å²) in [5, 5.41) is 6.68. The molecule has 0 spiro atoms. The van der Waals surface area contributed by atoms with Crippen molar-refractivity contribution in [1.29, 1.82) is 0 Å². The Morgan fingerprint density at radius 1 is 1.03 bits per heavy atom. The third kappa shape index (κ3) is 5.07. The maximum absolute atomic E-state index is 13.2. The monoisotopic (exact) mass is 486 g/mol. The summed E-state index contributed by atoms with van der Waals surface area (Å²) in [7, 11) is 0. The molecule has 35 heavy (non-hydrogen) atoms. The van der Waals surface area contributed by atoms with Crippen LogP contribution in [0.4, 0.5) is 10.1 Å². The van der Waals surface area contributed by atoms with Crippen molar-refractivity contribution in [3.05, 3.63) is 108 Å². The Morgan fingerprint density at radius 3 is 2.54 bits per heavy atom. The van der Waals surface area contributed by atoms with Gasteiger partial charge in [-0.25, -0.2) is 4.39 Å². The van der Waals surface area contributed by atoms with Crippen LogP contribution in [0.1, 0.15) is 30.0 Å². The molecule has 1 aliphatic heterocycles. The number of hydrogen-bond donors (Lipinski definition) is 2. The van der Waals surface area contributed by atoms with Gasteiger partial charge in [-0.05, 0) is 60.7 Å². The van der Waals surface area contributed by atoms with Gasteiger partial charge >= 0.3 is 0 Å². The highest BCUT2D eigenvalue weighted by Crippen LogP contribution is 2.40. The highest BCUT2D eigenvalue weighted by molar-refractivity contribution is 7.80. The highest BCUT2D eigenvalue weighted by atomic mass is 32.1. The molecule has 5 rings (SSSR count). The first kappa shape index (κ1) is 22.7. The zero-order valence-corrected chi connectivity index (χ0v) is 19.5. The number of hydrogen-bond acceptors (Lipinski definition) is 4. The summed E-state index contributed by atoms with van der Waals surface area (Å²) in [5.74, 6) is 0.940. The lowest BCUT2D eigenvalue weighted by Gasteiger charge is -2.25. The van der Waals surface area contributed by atoms with Crippen LogP contribution in [0, 0.1) is 5.82 Å². The molecule has 2 aromatic heterocycles. The maximum Gasteiger partial charge on any atom is 0.226 e. The van der Waals surface area contributed by atoms with E-state index in [0.29, 0.717) is 17.3 Å². The summed E-state index contributed by atoms with van der Waals surface area (Å²) >= 11 is 5.66. The lowest BCUT2D eigenvalue weighted by Crippen LogP contribution is -2.32. The Kier molecular flexibility index (Phi) is 6.54. The van der Waals surface area contributed by atoms with Crippen LogP contribution in [0.25, 0.3) is 11.3 Å². The number of carbonyl (C=O) groups excluding carboxylic acids is 1. The van der Waals surface area contributed by atoms with Gasteiger partial charge in [-0.2, -0.15) is 0 Å². The van der Waals surface area contributed by atoms with Crippen LogP contribution in [0.15, 0.2) is 95.5 Å². The van der Waals surface area contributed by atoms with E-state index in [1.807, 2.05) is 65.6 Å². The Labute approximate surface area is 207 Å². The number of furan rings is 1. The molecular weight excluding hydrogens is 463 g/mol. The predicted octanol–water partition coefficient (Wildman–Crippen LogP) is 5.48. The molecule has 0 aliphatic carbocycles. The Bertz CT molecular complexity index is 1310. The highest BCUT2D eigenvalue weighted by Gasteiger charge is 2.41. The predicted molar refractivity (Wildman–Crippen MR) is 136 cm³/mol. The number of thiocarbonyl (C=S) groups is 1.